The van der Waals surface area contributed by atoms with Gasteiger partial charge in [-0.1, -0.05) is 13.8 Å². The Labute approximate surface area is 189 Å². The number of aliphatic hydroxyl groups is 3. The molecule has 0 aromatic heterocycles. The number of fused-ring (bicyclic) bond motifs is 5. The number of rotatable bonds is 2. The summed E-state index contributed by atoms with van der Waals surface area (Å²) in [7, 11) is 0. The molecule has 0 aromatic carbocycles. The van der Waals surface area contributed by atoms with E-state index in [1.165, 1.54) is 13.0 Å². The minimum Gasteiger partial charge on any atom is -0.462 e. The summed E-state index contributed by atoms with van der Waals surface area (Å²) < 4.78 is 10.9. The molecule has 0 saturated heterocycles. The lowest BCUT2D eigenvalue weighted by Crippen LogP contribution is -2.67. The van der Waals surface area contributed by atoms with Gasteiger partial charge in [0.05, 0.1) is 17.3 Å². The van der Waals surface area contributed by atoms with E-state index in [-0.39, 0.29) is 41.7 Å². The Morgan fingerprint density at radius 1 is 1.06 bits per heavy atom. The number of aliphatic hydroxyl groups excluding tert-OH is 1. The molecule has 7 unspecified atom stereocenters. The summed E-state index contributed by atoms with van der Waals surface area (Å²) in [5, 5.41) is 34.3. The van der Waals surface area contributed by atoms with Gasteiger partial charge in [-0.3, -0.25) is 4.79 Å². The molecule has 0 aromatic rings. The topological polar surface area (TPSA) is 113 Å². The van der Waals surface area contributed by atoms with Crippen LogP contribution in [0.2, 0.25) is 0 Å². The monoisotopic (exact) mass is 448 g/mol. The minimum atomic E-state index is -1.08. The molecule has 7 heteroatoms. The van der Waals surface area contributed by atoms with Gasteiger partial charge in [-0.05, 0) is 61.3 Å². The van der Waals surface area contributed by atoms with Crippen LogP contribution in [0.3, 0.4) is 0 Å². The van der Waals surface area contributed by atoms with Crippen LogP contribution in [0.4, 0.5) is 0 Å². The van der Waals surface area contributed by atoms with Crippen LogP contribution in [0.1, 0.15) is 72.1 Å². The maximum absolute atomic E-state index is 12.4. The first-order valence-corrected chi connectivity index (χ1v) is 12.1. The fourth-order valence-electron chi connectivity index (χ4n) is 8.75. The van der Waals surface area contributed by atoms with Crippen LogP contribution in [0.25, 0.3) is 0 Å². The Morgan fingerprint density at radius 2 is 1.75 bits per heavy atom. The second kappa shape index (κ2) is 7.03. The molecular weight excluding hydrogens is 412 g/mol. The van der Waals surface area contributed by atoms with E-state index in [1.807, 2.05) is 0 Å². The van der Waals surface area contributed by atoms with Gasteiger partial charge in [-0.25, -0.2) is 4.79 Å². The van der Waals surface area contributed by atoms with Gasteiger partial charge in [0.15, 0.2) is 0 Å². The Bertz CT molecular complexity index is 868. The predicted molar refractivity (Wildman–Crippen MR) is 114 cm³/mol. The SMILES string of the molecule is CC(=O)OC1CC2(O)[C@@H]3CCC4(O)CC(O)CCC4(C)[C@H]3CCC2(C)C1C1=CC(=O)OC1. The van der Waals surface area contributed by atoms with E-state index in [1.54, 1.807) is 0 Å². The van der Waals surface area contributed by atoms with Crippen LogP contribution >= 0.6 is 0 Å². The molecule has 0 bridgehead atoms. The molecule has 4 aliphatic carbocycles. The number of hydrogen-bond donors (Lipinski definition) is 3. The predicted octanol–water partition coefficient (Wildman–Crippen LogP) is 2.26. The summed E-state index contributed by atoms with van der Waals surface area (Å²) >= 11 is 0. The average molecular weight is 449 g/mol. The number of carbonyl (C=O) groups is 2. The van der Waals surface area contributed by atoms with E-state index in [0.29, 0.717) is 38.5 Å². The maximum atomic E-state index is 12.4. The van der Waals surface area contributed by atoms with Gasteiger partial charge >= 0.3 is 11.9 Å². The lowest BCUT2D eigenvalue weighted by atomic mass is 9.42. The van der Waals surface area contributed by atoms with Crippen molar-refractivity contribution in [1.29, 1.82) is 0 Å². The number of esters is 2. The quantitative estimate of drug-likeness (QED) is 0.555. The Hall–Kier alpha value is -1.44. The zero-order valence-corrected chi connectivity index (χ0v) is 19.3. The van der Waals surface area contributed by atoms with Gasteiger partial charge in [0.25, 0.3) is 0 Å². The largest absolute Gasteiger partial charge is 0.462 e. The van der Waals surface area contributed by atoms with Crippen LogP contribution in [0.5, 0.6) is 0 Å². The molecule has 5 aliphatic rings. The standard InChI is InChI=1S/C25H36O7/c1-14(26)32-19-12-25(30)18-6-9-24(29)11-16(27)4-7-22(24,2)17(18)5-8-23(25,3)21(19)15-10-20(28)31-13-15/h10,16-19,21,27,29-30H,4-9,11-13H2,1-3H3/t16?,17-,18+,19?,21?,22?,23?,24?,25?/m0/s1. The van der Waals surface area contributed by atoms with E-state index in [9.17, 15) is 24.9 Å². The lowest BCUT2D eigenvalue weighted by molar-refractivity contribution is -0.254. The first kappa shape index (κ1) is 22.4. The molecule has 5 rings (SSSR count). The van der Waals surface area contributed by atoms with Gasteiger partial charge < -0.3 is 24.8 Å². The third kappa shape index (κ3) is 2.83. The third-order valence-corrected chi connectivity index (χ3v) is 10.4. The third-order valence-electron chi connectivity index (χ3n) is 10.4. The van der Waals surface area contributed by atoms with Crippen molar-refractivity contribution >= 4 is 11.9 Å². The highest BCUT2D eigenvalue weighted by molar-refractivity contribution is 5.85. The summed E-state index contributed by atoms with van der Waals surface area (Å²) in [6.07, 6.45) is 5.44. The van der Waals surface area contributed by atoms with Gasteiger partial charge in [0, 0.05) is 37.2 Å². The van der Waals surface area contributed by atoms with E-state index in [4.69, 9.17) is 9.47 Å². The van der Waals surface area contributed by atoms with Crippen molar-refractivity contribution in [3.8, 4) is 0 Å². The molecule has 0 radical (unpaired) electrons. The molecule has 32 heavy (non-hydrogen) atoms. The molecule has 3 N–H and O–H groups in total. The second-order valence-corrected chi connectivity index (χ2v) is 11.6. The lowest BCUT2D eigenvalue weighted by Gasteiger charge is -2.65. The number of ether oxygens (including phenoxy) is 2. The van der Waals surface area contributed by atoms with Gasteiger partial charge in [0.2, 0.25) is 0 Å². The molecule has 178 valence electrons. The summed E-state index contributed by atoms with van der Waals surface area (Å²) in [4.78, 5) is 23.8. The average Bonchev–Trinajstić information content (AvgIpc) is 3.20. The summed E-state index contributed by atoms with van der Waals surface area (Å²) in [6.45, 7) is 5.78. The highest BCUT2D eigenvalue weighted by Gasteiger charge is 2.72. The Morgan fingerprint density at radius 3 is 2.41 bits per heavy atom. The first-order chi connectivity index (χ1) is 14.9. The first-order valence-electron chi connectivity index (χ1n) is 12.1. The van der Waals surface area contributed by atoms with Gasteiger partial charge in [-0.2, -0.15) is 0 Å². The molecule has 7 nitrogen and oxygen atoms in total. The Balaban J connectivity index is 1.54. The zero-order valence-electron chi connectivity index (χ0n) is 19.3. The fourth-order valence-corrected chi connectivity index (χ4v) is 8.75. The number of carbonyl (C=O) groups excluding carboxylic acids is 2. The van der Waals surface area contributed by atoms with E-state index >= 15 is 0 Å². The molecular formula is C25H36O7. The molecule has 4 saturated carbocycles. The van der Waals surface area contributed by atoms with Crippen molar-refractivity contribution in [2.45, 2.75) is 95.5 Å². The van der Waals surface area contributed by atoms with Crippen LogP contribution in [0.15, 0.2) is 11.6 Å². The van der Waals surface area contributed by atoms with Crippen LogP contribution in [-0.2, 0) is 19.1 Å². The second-order valence-electron chi connectivity index (χ2n) is 11.6. The van der Waals surface area contributed by atoms with Crippen molar-refractivity contribution < 1.29 is 34.4 Å². The van der Waals surface area contributed by atoms with E-state index < -0.39 is 28.8 Å². The van der Waals surface area contributed by atoms with Crippen LogP contribution < -0.4 is 0 Å². The fraction of sp³-hybridized carbons (Fsp3) is 0.840. The normalized spacial score (nSPS) is 52.4. The van der Waals surface area contributed by atoms with Crippen LogP contribution in [0, 0.1) is 28.6 Å². The van der Waals surface area contributed by atoms with Gasteiger partial charge in [-0.15, -0.1) is 0 Å². The highest BCUT2D eigenvalue weighted by Crippen LogP contribution is 2.70. The minimum absolute atomic E-state index is 0.0385. The molecule has 4 fully saturated rings. The smallest absolute Gasteiger partial charge is 0.331 e. The highest BCUT2D eigenvalue weighted by atomic mass is 16.5. The summed E-state index contributed by atoms with van der Waals surface area (Å²) in [5.74, 6) is -0.960. The van der Waals surface area contributed by atoms with Gasteiger partial charge in [0.1, 0.15) is 12.7 Å². The molecule has 0 spiro atoms. The van der Waals surface area contributed by atoms with Crippen molar-refractivity contribution in [2.75, 3.05) is 6.61 Å². The maximum Gasteiger partial charge on any atom is 0.331 e. The van der Waals surface area contributed by atoms with Crippen molar-refractivity contribution in [2.24, 2.45) is 28.6 Å². The Kier molecular flexibility index (Phi) is 4.91. The molecule has 1 aliphatic heterocycles. The van der Waals surface area contributed by atoms with Crippen LogP contribution in [-0.4, -0.2) is 57.3 Å². The number of cyclic esters (lactones) is 1. The van der Waals surface area contributed by atoms with Crippen molar-refractivity contribution in [3.63, 3.8) is 0 Å². The summed E-state index contributed by atoms with van der Waals surface area (Å²) in [6, 6.07) is 0. The van der Waals surface area contributed by atoms with Crippen molar-refractivity contribution in [1.82, 2.24) is 0 Å². The molecule has 9 atom stereocenters. The number of hydrogen-bond acceptors (Lipinski definition) is 7. The molecule has 1 heterocycles. The molecule has 0 amide bonds. The van der Waals surface area contributed by atoms with E-state index in [0.717, 1.165) is 18.4 Å². The zero-order chi connectivity index (χ0) is 23.1. The summed E-state index contributed by atoms with van der Waals surface area (Å²) in [5.41, 5.74) is -2.12. The van der Waals surface area contributed by atoms with E-state index in [2.05, 4.69) is 13.8 Å². The van der Waals surface area contributed by atoms with Crippen molar-refractivity contribution in [3.05, 3.63) is 11.6 Å².